The summed E-state index contributed by atoms with van der Waals surface area (Å²) in [6, 6.07) is 0.108. The molecule has 0 radical (unpaired) electrons. The molecule has 0 spiro atoms. The lowest BCUT2D eigenvalue weighted by Crippen LogP contribution is -2.47. The number of hydrogen-bond donors (Lipinski definition) is 2. The lowest BCUT2D eigenvalue weighted by atomic mass is 10.2. The van der Waals surface area contributed by atoms with E-state index in [1.807, 2.05) is 0 Å². The maximum atomic E-state index is 11.8. The predicted molar refractivity (Wildman–Crippen MR) is 70.1 cm³/mol. The summed E-state index contributed by atoms with van der Waals surface area (Å²) in [7, 11) is 5.07. The summed E-state index contributed by atoms with van der Waals surface area (Å²) < 4.78 is 4.75. The maximum absolute atomic E-state index is 11.8. The van der Waals surface area contributed by atoms with Crippen LogP contribution in [0.5, 0.6) is 0 Å². The first kappa shape index (κ1) is 15.7. The van der Waals surface area contributed by atoms with E-state index in [2.05, 4.69) is 17.3 Å². The molecule has 2 N–H and O–H groups in total. The lowest BCUT2D eigenvalue weighted by Gasteiger charge is -2.26. The van der Waals surface area contributed by atoms with E-state index in [9.17, 15) is 9.59 Å². The van der Waals surface area contributed by atoms with E-state index >= 15 is 0 Å². The number of hydrogen-bond acceptors (Lipinski definition) is 4. The highest BCUT2D eigenvalue weighted by Gasteiger charge is 2.24. The molecular weight excluding hydrogens is 250 g/mol. The Morgan fingerprint density at radius 2 is 2.26 bits per heavy atom. The number of aliphatic carboxylic acids is 1. The van der Waals surface area contributed by atoms with Gasteiger partial charge in [0.05, 0.1) is 6.54 Å². The highest BCUT2D eigenvalue weighted by Crippen LogP contribution is 2.15. The zero-order valence-corrected chi connectivity index (χ0v) is 11.8. The third kappa shape index (κ3) is 4.68. The van der Waals surface area contributed by atoms with Gasteiger partial charge in [0.15, 0.2) is 6.10 Å². The van der Waals surface area contributed by atoms with Crippen molar-refractivity contribution < 1.29 is 19.4 Å². The second kappa shape index (κ2) is 7.30. The molecule has 110 valence electrons. The quantitative estimate of drug-likeness (QED) is 0.701. The first-order valence-corrected chi connectivity index (χ1v) is 6.40. The molecule has 1 heterocycles. The second-order valence-corrected chi connectivity index (χ2v) is 4.91. The SMILES string of the molecule is COC(CNC(=O)N(C)CC1CCCN1C)C(=O)O. The molecule has 1 aliphatic heterocycles. The van der Waals surface area contributed by atoms with Crippen LogP contribution in [0.1, 0.15) is 12.8 Å². The predicted octanol–water partition coefficient (Wildman–Crippen LogP) is -0.178. The summed E-state index contributed by atoms with van der Waals surface area (Å²) in [6.07, 6.45) is 1.23. The van der Waals surface area contributed by atoms with Gasteiger partial charge in [0.1, 0.15) is 0 Å². The van der Waals surface area contributed by atoms with Crippen molar-refractivity contribution in [3.63, 3.8) is 0 Å². The number of methoxy groups -OCH3 is 1. The Balaban J connectivity index is 2.34. The smallest absolute Gasteiger partial charge is 0.334 e. The van der Waals surface area contributed by atoms with Gasteiger partial charge in [-0.3, -0.25) is 0 Å². The number of carbonyl (C=O) groups excluding carboxylic acids is 1. The molecule has 0 aromatic carbocycles. The molecule has 1 aliphatic rings. The normalized spacial score (nSPS) is 21.1. The van der Waals surface area contributed by atoms with Gasteiger partial charge in [0.2, 0.25) is 0 Å². The molecule has 0 bridgehead atoms. The lowest BCUT2D eigenvalue weighted by molar-refractivity contribution is -0.148. The van der Waals surface area contributed by atoms with Crippen molar-refractivity contribution in [3.05, 3.63) is 0 Å². The molecule has 2 unspecified atom stereocenters. The first-order chi connectivity index (χ1) is 8.95. The summed E-state index contributed by atoms with van der Waals surface area (Å²) in [4.78, 5) is 26.4. The van der Waals surface area contributed by atoms with E-state index in [-0.39, 0.29) is 12.6 Å². The number of carboxylic acid groups (broad SMARTS) is 1. The number of carbonyl (C=O) groups is 2. The molecule has 0 saturated carbocycles. The molecule has 0 aliphatic carbocycles. The molecule has 19 heavy (non-hydrogen) atoms. The van der Waals surface area contributed by atoms with Crippen LogP contribution in [0.15, 0.2) is 0 Å². The minimum Gasteiger partial charge on any atom is -0.479 e. The summed E-state index contributed by atoms with van der Waals surface area (Å²) in [6.45, 7) is 1.67. The monoisotopic (exact) mass is 273 g/mol. The molecule has 2 amide bonds. The highest BCUT2D eigenvalue weighted by atomic mass is 16.5. The standard InChI is InChI=1S/C12H23N3O4/c1-14-6-4-5-9(14)8-15(2)12(18)13-7-10(19-3)11(16)17/h9-10H,4-8H2,1-3H3,(H,13,18)(H,16,17). The number of nitrogens with one attached hydrogen (secondary N) is 1. The van der Waals surface area contributed by atoms with Gasteiger partial charge in [0.25, 0.3) is 0 Å². The summed E-state index contributed by atoms with van der Waals surface area (Å²) >= 11 is 0. The number of rotatable bonds is 6. The van der Waals surface area contributed by atoms with Gasteiger partial charge in [-0.2, -0.15) is 0 Å². The number of urea groups is 1. The van der Waals surface area contributed by atoms with Crippen LogP contribution in [0.3, 0.4) is 0 Å². The van der Waals surface area contributed by atoms with Gasteiger partial charge in [-0.25, -0.2) is 9.59 Å². The fourth-order valence-electron chi connectivity index (χ4n) is 2.20. The number of carboxylic acids is 1. The van der Waals surface area contributed by atoms with E-state index in [0.29, 0.717) is 12.6 Å². The Kier molecular flexibility index (Phi) is 6.04. The number of nitrogens with zero attached hydrogens (tertiary/aromatic N) is 2. The van der Waals surface area contributed by atoms with Gasteiger partial charge >= 0.3 is 12.0 Å². The zero-order chi connectivity index (χ0) is 14.4. The van der Waals surface area contributed by atoms with Crippen LogP contribution in [0.2, 0.25) is 0 Å². The Hall–Kier alpha value is -1.34. The minimum absolute atomic E-state index is 0.0322. The van der Waals surface area contributed by atoms with Crippen LogP contribution in [-0.4, -0.2) is 79.9 Å². The van der Waals surface area contributed by atoms with Crippen molar-refractivity contribution in [1.29, 1.82) is 0 Å². The van der Waals surface area contributed by atoms with Crippen molar-refractivity contribution >= 4 is 12.0 Å². The average Bonchev–Trinajstić information content (AvgIpc) is 2.75. The molecule has 0 aromatic rings. The van der Waals surface area contributed by atoms with E-state index in [1.54, 1.807) is 11.9 Å². The molecule has 2 atom stereocenters. The highest BCUT2D eigenvalue weighted by molar-refractivity contribution is 5.76. The molecule has 1 rings (SSSR count). The Bertz CT molecular complexity index is 324. The van der Waals surface area contributed by atoms with Crippen molar-refractivity contribution in [2.45, 2.75) is 25.0 Å². The van der Waals surface area contributed by atoms with E-state index in [1.165, 1.54) is 7.11 Å². The number of likely N-dealkylation sites (tertiary alicyclic amines) is 1. The molecule has 1 saturated heterocycles. The van der Waals surface area contributed by atoms with Crippen molar-refractivity contribution in [2.24, 2.45) is 0 Å². The van der Waals surface area contributed by atoms with Gasteiger partial charge in [0, 0.05) is 26.7 Å². The van der Waals surface area contributed by atoms with E-state index < -0.39 is 12.1 Å². The van der Waals surface area contributed by atoms with Crippen LogP contribution in [0, 0.1) is 0 Å². The molecule has 0 aromatic heterocycles. The van der Waals surface area contributed by atoms with Crippen molar-refractivity contribution in [3.8, 4) is 0 Å². The molecular formula is C12H23N3O4. The molecule has 1 fully saturated rings. The maximum Gasteiger partial charge on any atom is 0.334 e. The summed E-state index contributed by atoms with van der Waals surface area (Å²) in [5, 5.41) is 11.4. The molecule has 7 nitrogen and oxygen atoms in total. The minimum atomic E-state index is -1.08. The largest absolute Gasteiger partial charge is 0.479 e. The van der Waals surface area contributed by atoms with Crippen molar-refractivity contribution in [1.82, 2.24) is 15.1 Å². The van der Waals surface area contributed by atoms with E-state index in [4.69, 9.17) is 9.84 Å². The van der Waals surface area contributed by atoms with Crippen LogP contribution >= 0.6 is 0 Å². The van der Waals surface area contributed by atoms with Crippen LogP contribution in [0.4, 0.5) is 4.79 Å². The summed E-state index contributed by atoms with van der Waals surface area (Å²) in [5.41, 5.74) is 0. The average molecular weight is 273 g/mol. The van der Waals surface area contributed by atoms with Crippen LogP contribution < -0.4 is 5.32 Å². The summed E-state index contributed by atoms with van der Waals surface area (Å²) in [5.74, 6) is -1.08. The first-order valence-electron chi connectivity index (χ1n) is 6.40. The fraction of sp³-hybridized carbons (Fsp3) is 0.833. The number of amides is 2. The topological polar surface area (TPSA) is 82.1 Å². The third-order valence-corrected chi connectivity index (χ3v) is 3.50. The molecule has 7 heteroatoms. The van der Waals surface area contributed by atoms with Gasteiger partial charge in [-0.05, 0) is 26.4 Å². The van der Waals surface area contributed by atoms with Crippen LogP contribution in [-0.2, 0) is 9.53 Å². The van der Waals surface area contributed by atoms with Crippen molar-refractivity contribution in [2.75, 3.05) is 40.8 Å². The second-order valence-electron chi connectivity index (χ2n) is 4.91. The Morgan fingerprint density at radius 1 is 1.58 bits per heavy atom. The van der Waals surface area contributed by atoms with E-state index in [0.717, 1.165) is 19.4 Å². The number of ether oxygens (including phenoxy) is 1. The third-order valence-electron chi connectivity index (χ3n) is 3.50. The Morgan fingerprint density at radius 3 is 2.74 bits per heavy atom. The zero-order valence-electron chi connectivity index (χ0n) is 11.8. The van der Waals surface area contributed by atoms with Gasteiger partial charge < -0.3 is 25.0 Å². The Labute approximate surface area is 113 Å². The van der Waals surface area contributed by atoms with Gasteiger partial charge in [-0.15, -0.1) is 0 Å². The van der Waals surface area contributed by atoms with Crippen LogP contribution in [0.25, 0.3) is 0 Å². The van der Waals surface area contributed by atoms with Gasteiger partial charge in [-0.1, -0.05) is 0 Å². The fourth-order valence-corrected chi connectivity index (χ4v) is 2.20. The number of likely N-dealkylation sites (N-methyl/N-ethyl adjacent to an activating group) is 2.